The minimum atomic E-state index is -0.151. The minimum absolute atomic E-state index is 0.0850. The number of hydrogen-bond acceptors (Lipinski definition) is 3. The number of rotatable bonds is 1. The molecule has 1 amide bonds. The topological polar surface area (TPSA) is 59.3 Å². The van der Waals surface area contributed by atoms with Crippen LogP contribution in [0.3, 0.4) is 0 Å². The van der Waals surface area contributed by atoms with E-state index in [4.69, 9.17) is 4.99 Å². The lowest BCUT2D eigenvalue weighted by Gasteiger charge is -2.21. The number of aryl methyl sites for hydroxylation is 1. The Morgan fingerprint density at radius 1 is 1.14 bits per heavy atom. The van der Waals surface area contributed by atoms with Gasteiger partial charge in [0.2, 0.25) is 0 Å². The highest BCUT2D eigenvalue weighted by Crippen LogP contribution is 2.36. The fourth-order valence-electron chi connectivity index (χ4n) is 2.37. The first-order chi connectivity index (χ1) is 9.55. The molecule has 0 fully saturated rings. The van der Waals surface area contributed by atoms with E-state index in [1.54, 1.807) is 4.68 Å². The summed E-state index contributed by atoms with van der Waals surface area (Å²) in [5.41, 5.74) is 2.96. The quantitative estimate of drug-likeness (QED) is 0.864. The van der Waals surface area contributed by atoms with Crippen molar-refractivity contribution in [2.75, 3.05) is 6.54 Å². The van der Waals surface area contributed by atoms with E-state index in [9.17, 15) is 4.79 Å². The molecular weight excluding hydrogens is 264 g/mol. The monoisotopic (exact) mass is 290 g/mol. The van der Waals surface area contributed by atoms with Crippen molar-refractivity contribution in [1.82, 2.24) is 15.1 Å². The second-order valence-corrected chi connectivity index (χ2v) is 7.60. The van der Waals surface area contributed by atoms with Crippen molar-refractivity contribution in [3.05, 3.63) is 11.4 Å². The molecule has 0 spiro atoms. The Morgan fingerprint density at radius 3 is 2.24 bits per heavy atom. The molecule has 5 nitrogen and oxygen atoms in total. The van der Waals surface area contributed by atoms with Gasteiger partial charge in [0.25, 0.3) is 5.91 Å². The summed E-state index contributed by atoms with van der Waals surface area (Å²) in [6.45, 7) is 15.8. The van der Waals surface area contributed by atoms with Crippen LogP contribution in [0, 0.1) is 5.41 Å². The second-order valence-electron chi connectivity index (χ2n) is 7.60. The third kappa shape index (κ3) is 2.87. The van der Waals surface area contributed by atoms with Crippen LogP contribution in [0.4, 0.5) is 5.69 Å². The summed E-state index contributed by atoms with van der Waals surface area (Å²) in [4.78, 5) is 17.3. The van der Waals surface area contributed by atoms with Crippen molar-refractivity contribution in [3.63, 3.8) is 0 Å². The normalized spacial score (nSPS) is 16.1. The zero-order chi connectivity index (χ0) is 16.0. The maximum atomic E-state index is 12.5. The van der Waals surface area contributed by atoms with Crippen molar-refractivity contribution in [1.29, 1.82) is 0 Å². The molecule has 2 rings (SSSR count). The molecule has 0 bridgehead atoms. The molecule has 0 aliphatic carbocycles. The molecule has 2 heterocycles. The Kier molecular flexibility index (Phi) is 3.72. The number of nitrogens with one attached hydrogen (secondary N) is 1. The predicted molar refractivity (Wildman–Crippen MR) is 85.5 cm³/mol. The van der Waals surface area contributed by atoms with E-state index < -0.39 is 0 Å². The Labute approximate surface area is 126 Å². The molecule has 0 aromatic carbocycles. The lowest BCUT2D eigenvalue weighted by atomic mass is 9.89. The highest BCUT2D eigenvalue weighted by atomic mass is 16.2. The maximum absolute atomic E-state index is 12.5. The SMILES string of the molecule is CCn1nc(C(C)(C)C)c2c1C(=O)NCC(C(C)(C)C)=N2. The molecule has 21 heavy (non-hydrogen) atoms. The molecule has 0 radical (unpaired) electrons. The number of carbonyl (C=O) groups excluding carboxylic acids is 1. The van der Waals surface area contributed by atoms with Gasteiger partial charge in [0, 0.05) is 23.1 Å². The van der Waals surface area contributed by atoms with E-state index in [1.807, 2.05) is 6.92 Å². The molecule has 5 heteroatoms. The van der Waals surface area contributed by atoms with Crippen LogP contribution in [-0.2, 0) is 12.0 Å². The molecule has 1 N–H and O–H groups in total. The van der Waals surface area contributed by atoms with Crippen LogP contribution in [-0.4, -0.2) is 27.9 Å². The third-order valence-corrected chi connectivity index (χ3v) is 3.68. The number of aromatic nitrogens is 2. The van der Waals surface area contributed by atoms with Gasteiger partial charge in [-0.05, 0) is 6.92 Å². The van der Waals surface area contributed by atoms with Crippen molar-refractivity contribution in [2.24, 2.45) is 10.4 Å². The van der Waals surface area contributed by atoms with Gasteiger partial charge >= 0.3 is 0 Å². The van der Waals surface area contributed by atoms with Crippen molar-refractivity contribution in [3.8, 4) is 0 Å². The molecule has 0 unspecified atom stereocenters. The first-order valence-electron chi connectivity index (χ1n) is 7.53. The van der Waals surface area contributed by atoms with Crippen molar-refractivity contribution >= 4 is 17.3 Å². The minimum Gasteiger partial charge on any atom is -0.345 e. The number of aliphatic imine (C=N–C) groups is 1. The summed E-state index contributed by atoms with van der Waals surface area (Å²) < 4.78 is 1.76. The molecule has 1 aromatic rings. The van der Waals surface area contributed by atoms with E-state index in [-0.39, 0.29) is 16.7 Å². The maximum Gasteiger partial charge on any atom is 0.272 e. The van der Waals surface area contributed by atoms with Crippen LogP contribution in [0.25, 0.3) is 0 Å². The Hall–Kier alpha value is -1.65. The third-order valence-electron chi connectivity index (χ3n) is 3.68. The first-order valence-corrected chi connectivity index (χ1v) is 7.53. The standard InChI is InChI=1S/C16H26N4O/c1-8-20-12-11(13(19-20)16(5,6)7)18-10(15(2,3)4)9-17-14(12)21/h8-9H2,1-7H3,(H,17,21). The van der Waals surface area contributed by atoms with Crippen LogP contribution in [0.15, 0.2) is 4.99 Å². The summed E-state index contributed by atoms with van der Waals surface area (Å²) in [5, 5.41) is 7.61. The van der Waals surface area contributed by atoms with Crippen LogP contribution in [0.5, 0.6) is 0 Å². The number of fused-ring (bicyclic) bond motifs is 1. The zero-order valence-electron chi connectivity index (χ0n) is 14.2. The van der Waals surface area contributed by atoms with Gasteiger partial charge in [0.05, 0.1) is 12.2 Å². The first kappa shape index (κ1) is 15.7. The number of carbonyl (C=O) groups is 1. The van der Waals surface area contributed by atoms with E-state index in [0.29, 0.717) is 18.8 Å². The average molecular weight is 290 g/mol. The van der Waals surface area contributed by atoms with Gasteiger partial charge in [-0.3, -0.25) is 14.5 Å². The molecular formula is C16H26N4O. The molecule has 1 aliphatic rings. The smallest absolute Gasteiger partial charge is 0.272 e. The molecule has 0 saturated carbocycles. The second kappa shape index (κ2) is 4.97. The van der Waals surface area contributed by atoms with Gasteiger partial charge in [-0.15, -0.1) is 0 Å². The van der Waals surface area contributed by atoms with Gasteiger partial charge in [-0.1, -0.05) is 41.5 Å². The average Bonchev–Trinajstić information content (AvgIpc) is 2.62. The molecule has 0 atom stereocenters. The van der Waals surface area contributed by atoms with Gasteiger partial charge in [0.1, 0.15) is 5.69 Å². The van der Waals surface area contributed by atoms with Gasteiger partial charge in [-0.2, -0.15) is 5.10 Å². The zero-order valence-corrected chi connectivity index (χ0v) is 14.2. The molecule has 116 valence electrons. The van der Waals surface area contributed by atoms with Crippen molar-refractivity contribution in [2.45, 2.75) is 60.4 Å². The van der Waals surface area contributed by atoms with Crippen LogP contribution in [0.1, 0.15) is 64.6 Å². The van der Waals surface area contributed by atoms with E-state index >= 15 is 0 Å². The summed E-state index contributed by atoms with van der Waals surface area (Å²) in [5.74, 6) is -0.0853. The predicted octanol–water partition coefficient (Wildman–Crippen LogP) is 3.06. The van der Waals surface area contributed by atoms with Crippen LogP contribution in [0.2, 0.25) is 0 Å². The number of nitrogens with zero attached hydrogens (tertiary/aromatic N) is 3. The lowest BCUT2D eigenvalue weighted by Crippen LogP contribution is -2.34. The Bertz CT molecular complexity index is 597. The summed E-state index contributed by atoms with van der Waals surface area (Å²) in [7, 11) is 0. The summed E-state index contributed by atoms with van der Waals surface area (Å²) in [6.07, 6.45) is 0. The number of hydrogen-bond donors (Lipinski definition) is 1. The van der Waals surface area contributed by atoms with E-state index in [1.165, 1.54) is 0 Å². The van der Waals surface area contributed by atoms with E-state index in [2.05, 4.69) is 52.0 Å². The van der Waals surface area contributed by atoms with Gasteiger partial charge < -0.3 is 5.32 Å². The van der Waals surface area contributed by atoms with Crippen molar-refractivity contribution < 1.29 is 4.79 Å². The number of amides is 1. The highest BCUT2D eigenvalue weighted by Gasteiger charge is 2.33. The Morgan fingerprint density at radius 2 is 1.76 bits per heavy atom. The van der Waals surface area contributed by atoms with Gasteiger partial charge in [-0.25, -0.2) is 0 Å². The molecule has 0 saturated heterocycles. The fourth-order valence-corrected chi connectivity index (χ4v) is 2.37. The van der Waals surface area contributed by atoms with Crippen LogP contribution < -0.4 is 5.32 Å². The molecule has 1 aromatic heterocycles. The summed E-state index contributed by atoms with van der Waals surface area (Å²) >= 11 is 0. The Balaban J connectivity index is 2.74. The van der Waals surface area contributed by atoms with E-state index in [0.717, 1.165) is 17.1 Å². The highest BCUT2D eigenvalue weighted by molar-refractivity contribution is 6.05. The molecule has 1 aliphatic heterocycles. The summed E-state index contributed by atoms with van der Waals surface area (Å²) in [6, 6.07) is 0. The fraction of sp³-hybridized carbons (Fsp3) is 0.688. The lowest BCUT2D eigenvalue weighted by molar-refractivity contribution is 0.0950. The van der Waals surface area contributed by atoms with Crippen LogP contribution >= 0.6 is 0 Å². The van der Waals surface area contributed by atoms with Gasteiger partial charge in [0.15, 0.2) is 5.69 Å². The largest absolute Gasteiger partial charge is 0.345 e.